The number of aromatic nitrogens is 2. The van der Waals surface area contributed by atoms with Gasteiger partial charge in [0, 0.05) is 18.1 Å². The second-order valence-corrected chi connectivity index (χ2v) is 10.0. The lowest BCUT2D eigenvalue weighted by Crippen LogP contribution is -2.21. The molecule has 5 rings (SSSR count). The lowest BCUT2D eigenvalue weighted by atomic mass is 9.98. The number of aromatic hydroxyl groups is 1. The summed E-state index contributed by atoms with van der Waals surface area (Å²) < 4.78 is 16.7. The maximum atomic E-state index is 13.3. The molecule has 1 aliphatic carbocycles. The van der Waals surface area contributed by atoms with E-state index >= 15 is 0 Å². The standard InChI is InChI=1S/C31H30N2O8/c1-39-28(35)13-8-19-15-20(29(36)23-10-9-22(16-26(23)34)41-21-4-2-3-5-21)7-12-27(19)40-17-18-6-11-25-24(14-18)30(37)33-31(38)32-25/h6-7,9-12,14-16,21,34H,2-5,8,13,17H2,1H3,(H2,32,33,37,38). The van der Waals surface area contributed by atoms with E-state index in [4.69, 9.17) is 14.2 Å². The quantitative estimate of drug-likeness (QED) is 0.194. The number of aromatic amines is 2. The van der Waals surface area contributed by atoms with Gasteiger partial charge in [-0.15, -0.1) is 0 Å². The second-order valence-electron chi connectivity index (χ2n) is 10.0. The lowest BCUT2D eigenvalue weighted by molar-refractivity contribution is -0.140. The van der Waals surface area contributed by atoms with E-state index in [-0.39, 0.29) is 42.6 Å². The van der Waals surface area contributed by atoms with Gasteiger partial charge in [-0.1, -0.05) is 6.07 Å². The summed E-state index contributed by atoms with van der Waals surface area (Å²) in [6, 6.07) is 14.6. The third-order valence-corrected chi connectivity index (χ3v) is 7.17. The van der Waals surface area contributed by atoms with Gasteiger partial charge in [0.05, 0.1) is 29.7 Å². The fourth-order valence-corrected chi connectivity index (χ4v) is 4.99. The van der Waals surface area contributed by atoms with Crippen LogP contribution in [0.4, 0.5) is 0 Å². The summed E-state index contributed by atoms with van der Waals surface area (Å²) in [6.07, 6.45) is 4.64. The molecule has 0 radical (unpaired) electrons. The summed E-state index contributed by atoms with van der Waals surface area (Å²) in [5, 5.41) is 10.9. The number of benzene rings is 3. The first-order chi connectivity index (χ1) is 19.8. The number of rotatable bonds is 10. The van der Waals surface area contributed by atoms with Gasteiger partial charge in [0.2, 0.25) is 0 Å². The number of esters is 1. The lowest BCUT2D eigenvalue weighted by Gasteiger charge is -2.15. The van der Waals surface area contributed by atoms with Crippen LogP contribution in [0.15, 0.2) is 64.2 Å². The average Bonchev–Trinajstić information content (AvgIpc) is 3.48. The van der Waals surface area contributed by atoms with Gasteiger partial charge in [0.1, 0.15) is 23.9 Å². The molecule has 0 saturated heterocycles. The normalized spacial score (nSPS) is 13.3. The first-order valence-electron chi connectivity index (χ1n) is 13.4. The first kappa shape index (κ1) is 27.7. The Kier molecular flexibility index (Phi) is 8.19. The Morgan fingerprint density at radius 2 is 1.78 bits per heavy atom. The van der Waals surface area contributed by atoms with E-state index in [1.165, 1.54) is 13.2 Å². The predicted octanol–water partition coefficient (Wildman–Crippen LogP) is 4.16. The predicted molar refractivity (Wildman–Crippen MR) is 151 cm³/mol. The molecule has 0 spiro atoms. The highest BCUT2D eigenvalue weighted by molar-refractivity contribution is 6.11. The molecule has 0 unspecified atom stereocenters. The molecule has 3 aromatic carbocycles. The molecule has 0 atom stereocenters. The van der Waals surface area contributed by atoms with Crippen LogP contribution in [-0.2, 0) is 22.6 Å². The minimum atomic E-state index is -0.585. The highest BCUT2D eigenvalue weighted by Crippen LogP contribution is 2.31. The van der Waals surface area contributed by atoms with Crippen LogP contribution in [0, 0.1) is 0 Å². The number of carbonyl (C=O) groups excluding carboxylic acids is 2. The van der Waals surface area contributed by atoms with Gasteiger partial charge in [0.15, 0.2) is 5.78 Å². The van der Waals surface area contributed by atoms with Crippen molar-refractivity contribution in [2.75, 3.05) is 7.11 Å². The molecule has 0 amide bonds. The summed E-state index contributed by atoms with van der Waals surface area (Å²) in [7, 11) is 1.30. The Labute approximate surface area is 234 Å². The van der Waals surface area contributed by atoms with E-state index in [0.29, 0.717) is 39.1 Å². The molecule has 1 aromatic heterocycles. The molecule has 1 aliphatic rings. The van der Waals surface area contributed by atoms with Gasteiger partial charge in [0.25, 0.3) is 5.56 Å². The van der Waals surface area contributed by atoms with Crippen molar-refractivity contribution < 1.29 is 28.9 Å². The molecule has 10 heteroatoms. The van der Waals surface area contributed by atoms with Gasteiger partial charge in [-0.25, -0.2) is 4.79 Å². The Morgan fingerprint density at radius 3 is 2.54 bits per heavy atom. The summed E-state index contributed by atoms with van der Waals surface area (Å²) in [6.45, 7) is 0.0935. The van der Waals surface area contributed by atoms with Crippen LogP contribution in [0.3, 0.4) is 0 Å². The van der Waals surface area contributed by atoms with Crippen LogP contribution in [-0.4, -0.2) is 40.0 Å². The summed E-state index contributed by atoms with van der Waals surface area (Å²) >= 11 is 0. The number of hydrogen-bond donors (Lipinski definition) is 3. The smallest absolute Gasteiger partial charge is 0.326 e. The van der Waals surface area contributed by atoms with E-state index < -0.39 is 17.2 Å². The molecule has 1 heterocycles. The average molecular weight is 559 g/mol. The number of ketones is 1. The van der Waals surface area contributed by atoms with Crippen LogP contribution >= 0.6 is 0 Å². The molecule has 4 aromatic rings. The van der Waals surface area contributed by atoms with Gasteiger partial charge >= 0.3 is 11.7 Å². The van der Waals surface area contributed by atoms with Crippen molar-refractivity contribution in [3.8, 4) is 17.2 Å². The number of methoxy groups -OCH3 is 1. The van der Waals surface area contributed by atoms with Crippen LogP contribution < -0.4 is 20.7 Å². The molecule has 0 aliphatic heterocycles. The maximum Gasteiger partial charge on any atom is 0.326 e. The molecule has 1 fully saturated rings. The minimum absolute atomic E-state index is 0.0711. The first-order valence-corrected chi connectivity index (χ1v) is 13.4. The van der Waals surface area contributed by atoms with Crippen LogP contribution in [0.25, 0.3) is 10.9 Å². The Hall–Kier alpha value is -4.86. The number of H-pyrrole nitrogens is 2. The molecule has 3 N–H and O–H groups in total. The van der Waals surface area contributed by atoms with Gasteiger partial charge in [-0.2, -0.15) is 0 Å². The van der Waals surface area contributed by atoms with E-state index in [2.05, 4.69) is 9.97 Å². The third kappa shape index (κ3) is 6.49. The Bertz CT molecular complexity index is 1720. The van der Waals surface area contributed by atoms with Crippen molar-refractivity contribution in [3.63, 3.8) is 0 Å². The number of ether oxygens (including phenoxy) is 3. The topological polar surface area (TPSA) is 148 Å². The van der Waals surface area contributed by atoms with Crippen LogP contribution in [0.1, 0.15) is 59.2 Å². The molecule has 41 heavy (non-hydrogen) atoms. The maximum absolute atomic E-state index is 13.3. The zero-order chi connectivity index (χ0) is 28.9. The third-order valence-electron chi connectivity index (χ3n) is 7.17. The second kappa shape index (κ2) is 12.1. The van der Waals surface area contributed by atoms with Crippen molar-refractivity contribution in [1.82, 2.24) is 9.97 Å². The van der Waals surface area contributed by atoms with Crippen molar-refractivity contribution in [1.29, 1.82) is 0 Å². The molecular weight excluding hydrogens is 528 g/mol. The van der Waals surface area contributed by atoms with Gasteiger partial charge in [-0.3, -0.25) is 19.4 Å². The van der Waals surface area contributed by atoms with Crippen molar-refractivity contribution in [2.24, 2.45) is 0 Å². The fraction of sp³-hybridized carbons (Fsp3) is 0.290. The number of hydrogen-bond acceptors (Lipinski definition) is 8. The highest BCUT2D eigenvalue weighted by Gasteiger charge is 2.20. The van der Waals surface area contributed by atoms with E-state index in [0.717, 1.165) is 25.7 Å². The van der Waals surface area contributed by atoms with E-state index in [1.54, 1.807) is 48.5 Å². The molecule has 212 valence electrons. The number of nitrogens with one attached hydrogen (secondary N) is 2. The largest absolute Gasteiger partial charge is 0.507 e. The van der Waals surface area contributed by atoms with Crippen molar-refractivity contribution >= 4 is 22.7 Å². The van der Waals surface area contributed by atoms with Gasteiger partial charge < -0.3 is 24.3 Å². The zero-order valence-electron chi connectivity index (χ0n) is 22.5. The number of fused-ring (bicyclic) bond motifs is 1. The number of aryl methyl sites for hydroxylation is 1. The van der Waals surface area contributed by atoms with Crippen LogP contribution in [0.5, 0.6) is 17.2 Å². The Morgan fingerprint density at radius 1 is 0.976 bits per heavy atom. The molecule has 0 bridgehead atoms. The summed E-state index contributed by atoms with van der Waals surface area (Å²) in [5.41, 5.74) is 1.05. The zero-order valence-corrected chi connectivity index (χ0v) is 22.5. The summed E-state index contributed by atoms with van der Waals surface area (Å²) in [4.78, 5) is 53.7. The SMILES string of the molecule is COC(=O)CCc1cc(C(=O)c2ccc(OC3CCCC3)cc2O)ccc1OCc1ccc2[nH]c(=O)[nH]c(=O)c2c1. The number of carbonyl (C=O) groups is 2. The monoisotopic (exact) mass is 558 g/mol. The van der Waals surface area contributed by atoms with Crippen molar-refractivity contribution in [3.05, 3.63) is 97.7 Å². The summed E-state index contributed by atoms with van der Waals surface area (Å²) in [5.74, 6) is 0.00462. The molecular formula is C31H30N2O8. The van der Waals surface area contributed by atoms with Crippen molar-refractivity contribution in [2.45, 2.75) is 51.2 Å². The van der Waals surface area contributed by atoms with E-state index in [9.17, 15) is 24.3 Å². The molecule has 1 saturated carbocycles. The molecule has 10 nitrogen and oxygen atoms in total. The van der Waals surface area contributed by atoms with E-state index in [1.807, 2.05) is 0 Å². The van der Waals surface area contributed by atoms with Crippen LogP contribution in [0.2, 0.25) is 0 Å². The fourth-order valence-electron chi connectivity index (χ4n) is 4.99. The van der Waals surface area contributed by atoms with Gasteiger partial charge in [-0.05, 0) is 85.7 Å². The number of phenolic OH excluding ortho intramolecular Hbond substituents is 1. The minimum Gasteiger partial charge on any atom is -0.507 e. The highest BCUT2D eigenvalue weighted by atomic mass is 16.5. The Balaban J connectivity index is 1.37. The number of phenols is 1.